The van der Waals surface area contributed by atoms with Crippen LogP contribution in [0.15, 0.2) is 77.2 Å². The lowest BCUT2D eigenvalue weighted by Gasteiger charge is -2.11. The number of fused-ring (bicyclic) bond motifs is 1. The molecular weight excluding hydrogens is 354 g/mol. The number of anilines is 1. The van der Waals surface area contributed by atoms with Crippen molar-refractivity contribution in [2.75, 3.05) is 12.4 Å². The molecule has 0 spiro atoms. The predicted octanol–water partition coefficient (Wildman–Crippen LogP) is 4.85. The number of amides is 1. The molecule has 28 heavy (non-hydrogen) atoms. The van der Waals surface area contributed by atoms with Crippen LogP contribution in [0.4, 0.5) is 5.69 Å². The highest BCUT2D eigenvalue weighted by molar-refractivity contribution is 6.13. The molecule has 0 bridgehead atoms. The molecule has 3 aromatic carbocycles. The van der Waals surface area contributed by atoms with E-state index in [1.165, 1.54) is 0 Å². The number of carbonyl (C=O) groups is 1. The molecule has 5 nitrogen and oxygen atoms in total. The van der Waals surface area contributed by atoms with Crippen molar-refractivity contribution in [1.29, 1.82) is 0 Å². The second kappa shape index (κ2) is 7.58. The van der Waals surface area contributed by atoms with Crippen LogP contribution in [0.1, 0.15) is 16.1 Å². The molecule has 5 heteroatoms. The van der Waals surface area contributed by atoms with Crippen LogP contribution in [-0.2, 0) is 6.61 Å². The minimum absolute atomic E-state index is 0.165. The molecule has 0 saturated carbocycles. The lowest BCUT2D eigenvalue weighted by atomic mass is 10.0. The molecule has 4 rings (SSSR count). The third kappa shape index (κ3) is 3.35. The van der Waals surface area contributed by atoms with E-state index in [4.69, 9.17) is 9.15 Å². The SMILES string of the molecule is COc1cc(NC(=O)c2cccc3ccccc23)ccc1-c1ccc(CO)o1. The monoisotopic (exact) mass is 373 g/mol. The molecule has 1 amide bonds. The summed E-state index contributed by atoms with van der Waals surface area (Å²) in [6.07, 6.45) is 0. The summed E-state index contributed by atoms with van der Waals surface area (Å²) >= 11 is 0. The Bertz CT molecular complexity index is 1140. The predicted molar refractivity (Wildman–Crippen MR) is 109 cm³/mol. The van der Waals surface area contributed by atoms with Crippen LogP contribution in [0, 0.1) is 0 Å². The first-order valence-electron chi connectivity index (χ1n) is 8.86. The van der Waals surface area contributed by atoms with E-state index in [2.05, 4.69) is 5.32 Å². The molecule has 0 radical (unpaired) electrons. The summed E-state index contributed by atoms with van der Waals surface area (Å²) in [5, 5.41) is 14.0. The van der Waals surface area contributed by atoms with Gasteiger partial charge in [0.1, 0.15) is 23.9 Å². The normalized spacial score (nSPS) is 10.8. The zero-order chi connectivity index (χ0) is 19.5. The zero-order valence-electron chi connectivity index (χ0n) is 15.3. The summed E-state index contributed by atoms with van der Waals surface area (Å²) in [7, 11) is 1.56. The van der Waals surface area contributed by atoms with E-state index in [1.54, 1.807) is 31.4 Å². The van der Waals surface area contributed by atoms with Crippen LogP contribution >= 0.6 is 0 Å². The van der Waals surface area contributed by atoms with Gasteiger partial charge in [-0.05, 0) is 41.1 Å². The van der Waals surface area contributed by atoms with Gasteiger partial charge in [-0.1, -0.05) is 36.4 Å². The van der Waals surface area contributed by atoms with Crippen LogP contribution < -0.4 is 10.1 Å². The number of hydrogen-bond donors (Lipinski definition) is 2. The van der Waals surface area contributed by atoms with Gasteiger partial charge >= 0.3 is 0 Å². The smallest absolute Gasteiger partial charge is 0.256 e. The van der Waals surface area contributed by atoms with Gasteiger partial charge in [0.2, 0.25) is 0 Å². The van der Waals surface area contributed by atoms with Gasteiger partial charge in [0.25, 0.3) is 5.91 Å². The van der Waals surface area contributed by atoms with Gasteiger partial charge in [-0.15, -0.1) is 0 Å². The van der Waals surface area contributed by atoms with Crippen LogP contribution in [-0.4, -0.2) is 18.1 Å². The topological polar surface area (TPSA) is 71.7 Å². The molecule has 1 heterocycles. The molecule has 4 aromatic rings. The van der Waals surface area contributed by atoms with E-state index in [1.807, 2.05) is 48.5 Å². The van der Waals surface area contributed by atoms with E-state index in [9.17, 15) is 9.90 Å². The maximum absolute atomic E-state index is 12.8. The summed E-state index contributed by atoms with van der Waals surface area (Å²) in [4.78, 5) is 12.8. The van der Waals surface area contributed by atoms with Crippen LogP contribution in [0.25, 0.3) is 22.1 Å². The third-order valence-electron chi connectivity index (χ3n) is 4.58. The molecule has 0 atom stereocenters. The first kappa shape index (κ1) is 17.8. The molecule has 0 saturated heterocycles. The number of ether oxygens (including phenoxy) is 1. The van der Waals surface area contributed by atoms with Crippen LogP contribution in [0.3, 0.4) is 0 Å². The molecule has 0 aliphatic heterocycles. The fraction of sp³-hybridized carbons (Fsp3) is 0.0870. The summed E-state index contributed by atoms with van der Waals surface area (Å²) in [6.45, 7) is -0.165. The van der Waals surface area contributed by atoms with Gasteiger partial charge < -0.3 is 19.6 Å². The van der Waals surface area contributed by atoms with Gasteiger partial charge in [-0.3, -0.25) is 4.79 Å². The summed E-state index contributed by atoms with van der Waals surface area (Å²) in [5.41, 5.74) is 1.97. The second-order valence-corrected chi connectivity index (χ2v) is 6.32. The first-order chi connectivity index (χ1) is 13.7. The number of rotatable bonds is 5. The van der Waals surface area contributed by atoms with Gasteiger partial charge in [-0.25, -0.2) is 0 Å². The maximum Gasteiger partial charge on any atom is 0.256 e. The molecule has 0 fully saturated rings. The highest BCUT2D eigenvalue weighted by Crippen LogP contribution is 2.34. The Morgan fingerprint density at radius 1 is 1.04 bits per heavy atom. The van der Waals surface area contributed by atoms with E-state index < -0.39 is 0 Å². The lowest BCUT2D eigenvalue weighted by molar-refractivity contribution is 0.102. The highest BCUT2D eigenvalue weighted by atomic mass is 16.5. The van der Waals surface area contributed by atoms with Gasteiger partial charge in [0.05, 0.1) is 12.7 Å². The average Bonchev–Trinajstić information content (AvgIpc) is 3.22. The summed E-state index contributed by atoms with van der Waals surface area (Å²) in [5.74, 6) is 1.44. The Hall–Kier alpha value is -3.57. The van der Waals surface area contributed by atoms with E-state index in [-0.39, 0.29) is 12.5 Å². The number of furan rings is 1. The largest absolute Gasteiger partial charge is 0.496 e. The molecule has 140 valence electrons. The number of aliphatic hydroxyl groups is 1. The third-order valence-corrected chi connectivity index (χ3v) is 4.58. The molecule has 0 aliphatic carbocycles. The molecule has 2 N–H and O–H groups in total. The van der Waals surface area contributed by atoms with Crippen molar-refractivity contribution in [1.82, 2.24) is 0 Å². The minimum atomic E-state index is -0.188. The van der Waals surface area contributed by atoms with Crippen molar-refractivity contribution in [3.05, 3.63) is 84.1 Å². The number of hydrogen-bond acceptors (Lipinski definition) is 4. The fourth-order valence-corrected chi connectivity index (χ4v) is 3.20. The van der Waals surface area contributed by atoms with Crippen molar-refractivity contribution < 1.29 is 19.1 Å². The lowest BCUT2D eigenvalue weighted by Crippen LogP contribution is -2.12. The van der Waals surface area contributed by atoms with Crippen molar-refractivity contribution in [3.8, 4) is 17.1 Å². The number of carbonyl (C=O) groups excluding carboxylic acids is 1. The Balaban J connectivity index is 1.63. The van der Waals surface area contributed by atoms with E-state index >= 15 is 0 Å². The Morgan fingerprint density at radius 2 is 1.86 bits per heavy atom. The number of benzene rings is 3. The van der Waals surface area contributed by atoms with Crippen LogP contribution in [0.2, 0.25) is 0 Å². The summed E-state index contributed by atoms with van der Waals surface area (Å²) in [6, 6.07) is 22.3. The van der Waals surface area contributed by atoms with Crippen LogP contribution in [0.5, 0.6) is 5.75 Å². The first-order valence-corrected chi connectivity index (χ1v) is 8.86. The standard InChI is InChI=1S/C23H19NO4/c1-27-22-13-16(9-11-20(22)21-12-10-17(14-25)28-21)24-23(26)19-8-4-6-15-5-2-3-7-18(15)19/h2-13,25H,14H2,1H3,(H,24,26). The maximum atomic E-state index is 12.8. The van der Waals surface area contributed by atoms with Crippen molar-refractivity contribution >= 4 is 22.4 Å². The quantitative estimate of drug-likeness (QED) is 0.524. The molecule has 0 unspecified atom stereocenters. The van der Waals surface area contributed by atoms with Crippen molar-refractivity contribution in [3.63, 3.8) is 0 Å². The Labute approximate surface area is 162 Å². The van der Waals surface area contributed by atoms with E-state index in [0.717, 1.165) is 16.3 Å². The number of methoxy groups -OCH3 is 1. The molecule has 0 aliphatic rings. The zero-order valence-corrected chi connectivity index (χ0v) is 15.3. The second-order valence-electron chi connectivity index (χ2n) is 6.32. The van der Waals surface area contributed by atoms with Gasteiger partial charge in [0, 0.05) is 17.3 Å². The molecule has 1 aromatic heterocycles. The van der Waals surface area contributed by atoms with Gasteiger partial charge in [0.15, 0.2) is 0 Å². The Kier molecular flexibility index (Phi) is 4.83. The average molecular weight is 373 g/mol. The van der Waals surface area contributed by atoms with Crippen molar-refractivity contribution in [2.24, 2.45) is 0 Å². The van der Waals surface area contributed by atoms with Crippen molar-refractivity contribution in [2.45, 2.75) is 6.61 Å². The fourth-order valence-electron chi connectivity index (χ4n) is 3.20. The number of nitrogens with one attached hydrogen (secondary N) is 1. The minimum Gasteiger partial charge on any atom is -0.496 e. The number of aliphatic hydroxyl groups excluding tert-OH is 1. The van der Waals surface area contributed by atoms with Gasteiger partial charge in [-0.2, -0.15) is 0 Å². The Morgan fingerprint density at radius 3 is 2.64 bits per heavy atom. The summed E-state index contributed by atoms with van der Waals surface area (Å²) < 4.78 is 11.0. The van der Waals surface area contributed by atoms with E-state index in [0.29, 0.717) is 28.5 Å². The molecular formula is C23H19NO4. The highest BCUT2D eigenvalue weighted by Gasteiger charge is 2.14.